The number of halogens is 6. The summed E-state index contributed by atoms with van der Waals surface area (Å²) >= 11 is 0. The third-order valence-corrected chi connectivity index (χ3v) is 4.65. The van der Waals surface area contributed by atoms with Crippen LogP contribution in [0, 0.1) is 79.3 Å². The van der Waals surface area contributed by atoms with Crippen LogP contribution >= 0.6 is 0 Å². The molecule has 0 aliphatic heterocycles. The van der Waals surface area contributed by atoms with Gasteiger partial charge in [-0.1, -0.05) is 0 Å². The van der Waals surface area contributed by atoms with Crippen LogP contribution < -0.4 is 10.4 Å². The number of nitrogens with zero attached hydrogens (tertiary/aromatic N) is 7. The summed E-state index contributed by atoms with van der Waals surface area (Å²) in [6.45, 7) is 0. The molecule has 0 atom stereocenters. The minimum atomic E-state index is -5.70. The van der Waals surface area contributed by atoms with E-state index >= 15 is 0 Å². The fraction of sp³-hybridized carbons (Fsp3) is 0.0870. The lowest BCUT2D eigenvalue weighted by Gasteiger charge is -2.20. The van der Waals surface area contributed by atoms with E-state index in [1.54, 1.807) is 0 Å². The van der Waals surface area contributed by atoms with E-state index in [2.05, 4.69) is 0 Å². The molecule has 2 aromatic rings. The lowest BCUT2D eigenvalue weighted by molar-refractivity contribution is -0.143. The maximum absolute atomic E-state index is 14.1. The summed E-state index contributed by atoms with van der Waals surface area (Å²) in [7, 11) is 0. The Balaban J connectivity index is 3.49. The monoisotopic (exact) mass is 491 g/mol. The van der Waals surface area contributed by atoms with Crippen molar-refractivity contribution in [2.75, 3.05) is 0 Å². The third kappa shape index (κ3) is 4.48. The van der Waals surface area contributed by atoms with Crippen LogP contribution in [-0.2, 0) is 12.4 Å². The lowest BCUT2D eigenvalue weighted by atomic mass is 9.85. The van der Waals surface area contributed by atoms with Gasteiger partial charge in [-0.05, 0) is 18.2 Å². The summed E-state index contributed by atoms with van der Waals surface area (Å²) < 4.78 is 82.5. The molecule has 0 aromatic heterocycles. The van der Waals surface area contributed by atoms with Gasteiger partial charge in [-0.25, -0.2) is 0 Å². The van der Waals surface area contributed by atoms with E-state index in [4.69, 9.17) is 10.5 Å². The molecule has 13 heteroatoms. The number of hydrogen-bond acceptors (Lipinski definition) is 7. The predicted octanol–water partition coefficient (Wildman–Crippen LogP) is 3.13. The van der Waals surface area contributed by atoms with Crippen molar-refractivity contribution in [3.8, 4) is 42.5 Å². The average Bonchev–Trinajstić information content (AvgIpc) is 2.83. The second kappa shape index (κ2) is 9.59. The van der Waals surface area contributed by atoms with E-state index in [1.165, 1.54) is 30.3 Å². The highest BCUT2D eigenvalue weighted by Gasteiger charge is 2.45. The standard InChI is InChI=1S/C23H3F6N7/c24-22(25,26)18-3-14(6-32)20(21(16(18)9-35)23(27,28)29)17(10-36)19-12(4-30)1-11(2-13(19)5-31)15(7-33)8-34/h1-3H. The largest absolute Gasteiger partial charge is 0.418 e. The Hall–Kier alpha value is -5.81. The Morgan fingerprint density at radius 1 is 0.611 bits per heavy atom. The lowest BCUT2D eigenvalue weighted by Crippen LogP contribution is -2.25. The minimum Gasteiger partial charge on any atom is -0.192 e. The van der Waals surface area contributed by atoms with Gasteiger partial charge in [0.15, 0.2) is 0 Å². The number of benzene rings is 2. The van der Waals surface area contributed by atoms with Gasteiger partial charge in [0.25, 0.3) is 0 Å². The van der Waals surface area contributed by atoms with Gasteiger partial charge in [0, 0.05) is 16.0 Å². The second-order valence-electron chi connectivity index (χ2n) is 6.57. The summed E-state index contributed by atoms with van der Waals surface area (Å²) in [5, 5.41) is 64.4. The fourth-order valence-electron chi connectivity index (χ4n) is 3.28. The molecule has 0 radical (unpaired) electrons. The van der Waals surface area contributed by atoms with E-state index in [1.807, 2.05) is 0 Å². The molecule has 2 rings (SSSR count). The van der Waals surface area contributed by atoms with Crippen LogP contribution in [0.4, 0.5) is 26.3 Å². The zero-order valence-corrected chi connectivity index (χ0v) is 17.1. The van der Waals surface area contributed by atoms with E-state index < -0.39 is 67.7 Å². The quantitative estimate of drug-likeness (QED) is 0.552. The van der Waals surface area contributed by atoms with Gasteiger partial charge in [-0.3, -0.25) is 0 Å². The first-order valence-electron chi connectivity index (χ1n) is 8.93. The first kappa shape index (κ1) is 26.4. The molecule has 0 fully saturated rings. The molecule has 0 aliphatic rings. The highest BCUT2D eigenvalue weighted by molar-refractivity contribution is 5.86. The van der Waals surface area contributed by atoms with E-state index in [-0.39, 0.29) is 11.3 Å². The molecule has 0 spiro atoms. The Morgan fingerprint density at radius 2 is 1.11 bits per heavy atom. The van der Waals surface area contributed by atoms with Gasteiger partial charge in [-0.2, -0.15) is 63.2 Å². The molecule has 0 heterocycles. The zero-order valence-electron chi connectivity index (χ0n) is 17.1. The number of alkyl halides is 6. The molecule has 0 unspecified atom stereocenters. The van der Waals surface area contributed by atoms with Crippen molar-refractivity contribution < 1.29 is 26.3 Å². The van der Waals surface area contributed by atoms with E-state index in [0.717, 1.165) is 24.3 Å². The van der Waals surface area contributed by atoms with Crippen molar-refractivity contribution in [1.82, 2.24) is 0 Å². The summed E-state index contributed by atoms with van der Waals surface area (Å²) in [4.78, 5) is 0. The first-order chi connectivity index (χ1) is 16.8. The third-order valence-electron chi connectivity index (χ3n) is 4.65. The topological polar surface area (TPSA) is 167 Å². The van der Waals surface area contributed by atoms with Crippen molar-refractivity contribution in [3.63, 3.8) is 0 Å². The van der Waals surface area contributed by atoms with E-state index in [0.29, 0.717) is 0 Å². The molecular formula is C23H3F6N7. The number of nitriles is 7. The van der Waals surface area contributed by atoms with Crippen LogP contribution in [0.25, 0.3) is 11.1 Å². The predicted molar refractivity (Wildman–Crippen MR) is 104 cm³/mol. The smallest absolute Gasteiger partial charge is 0.192 e. The molecular weight excluding hydrogens is 488 g/mol. The van der Waals surface area contributed by atoms with Crippen LogP contribution in [0.5, 0.6) is 0 Å². The average molecular weight is 491 g/mol. The van der Waals surface area contributed by atoms with Crippen LogP contribution in [0.1, 0.15) is 38.9 Å². The van der Waals surface area contributed by atoms with Gasteiger partial charge < -0.3 is 0 Å². The second-order valence-corrected chi connectivity index (χ2v) is 6.57. The Labute approximate surface area is 197 Å². The molecule has 2 aromatic carbocycles. The van der Waals surface area contributed by atoms with E-state index in [9.17, 15) is 52.7 Å². The molecule has 0 bridgehead atoms. The van der Waals surface area contributed by atoms with Crippen molar-refractivity contribution in [3.05, 3.63) is 67.6 Å². The summed E-state index contributed by atoms with van der Waals surface area (Å²) in [6.07, 6.45) is -11.2. The molecule has 0 aliphatic carbocycles. The van der Waals surface area contributed by atoms with Gasteiger partial charge >= 0.3 is 12.4 Å². The molecule has 0 N–H and O–H groups in total. The molecule has 172 valence electrons. The van der Waals surface area contributed by atoms with Crippen molar-refractivity contribution in [1.29, 1.82) is 36.8 Å². The number of hydrogen-bond donors (Lipinski definition) is 0. The Kier molecular flexibility index (Phi) is 7.04. The van der Waals surface area contributed by atoms with Gasteiger partial charge in [0.1, 0.15) is 29.8 Å². The molecule has 7 nitrogen and oxygen atoms in total. The summed E-state index contributed by atoms with van der Waals surface area (Å²) in [6, 6.07) is 10.8. The molecule has 0 amide bonds. The summed E-state index contributed by atoms with van der Waals surface area (Å²) in [5.74, 6) is 0. The van der Waals surface area contributed by atoms with Crippen LogP contribution in [-0.4, -0.2) is 0 Å². The number of rotatable bonds is 1. The first-order valence-corrected chi connectivity index (χ1v) is 8.93. The van der Waals surface area contributed by atoms with Crippen molar-refractivity contribution >= 4 is 11.1 Å². The summed E-state index contributed by atoms with van der Waals surface area (Å²) in [5.41, 5.74) is -12.2. The Morgan fingerprint density at radius 3 is 1.44 bits per heavy atom. The fourth-order valence-corrected chi connectivity index (χ4v) is 3.28. The van der Waals surface area contributed by atoms with Gasteiger partial charge in [0.05, 0.1) is 57.2 Å². The maximum Gasteiger partial charge on any atom is 0.418 e. The normalized spacial score (nSPS) is 10.3. The van der Waals surface area contributed by atoms with Gasteiger partial charge in [0.2, 0.25) is 0 Å². The van der Waals surface area contributed by atoms with Crippen LogP contribution in [0.2, 0.25) is 0 Å². The molecule has 36 heavy (non-hydrogen) atoms. The minimum absolute atomic E-state index is 0.0375. The highest BCUT2D eigenvalue weighted by atomic mass is 19.4. The van der Waals surface area contributed by atoms with Gasteiger partial charge in [-0.15, -0.1) is 0 Å². The zero-order chi connectivity index (χ0) is 27.4. The highest BCUT2D eigenvalue weighted by Crippen LogP contribution is 2.44. The van der Waals surface area contributed by atoms with Crippen molar-refractivity contribution in [2.24, 2.45) is 0 Å². The SMILES string of the molecule is N#CC(C#N)=c1cc(C#N)c(=C(C#N)c2c(C#N)cc(C(F)(F)F)c(C#N)c2C(F)(F)F)c(C#N)c1. The van der Waals surface area contributed by atoms with Crippen LogP contribution in [0.15, 0.2) is 18.2 Å². The maximum atomic E-state index is 14.1. The van der Waals surface area contributed by atoms with Crippen LogP contribution in [0.3, 0.4) is 0 Å². The molecule has 0 saturated carbocycles. The van der Waals surface area contributed by atoms with Crippen molar-refractivity contribution in [2.45, 2.75) is 12.4 Å². The Bertz CT molecular complexity index is 1670. The molecule has 0 saturated heterocycles.